The molecular formula is C33H30ClFN4O3. The summed E-state index contributed by atoms with van der Waals surface area (Å²) in [5, 5.41) is 11.4. The SMILES string of the molecule is [C-]#[N+]c1c(N2CCN(C(=O)C=C)C[C@@H]2C)c2cc(Cl)c(-c3ccc(F)cc3O)cc2n(-c2ccccc2C(C)C)c1=O. The molecule has 2 heterocycles. The molecule has 1 fully saturated rings. The number of anilines is 1. The predicted molar refractivity (Wildman–Crippen MR) is 166 cm³/mol. The Morgan fingerprint density at radius 3 is 2.55 bits per heavy atom. The van der Waals surface area contributed by atoms with E-state index in [0.717, 1.165) is 11.6 Å². The number of hydrogen-bond donors (Lipinski definition) is 1. The molecule has 42 heavy (non-hydrogen) atoms. The van der Waals surface area contributed by atoms with Crippen LogP contribution in [0.15, 0.2) is 72.0 Å². The number of benzene rings is 3. The molecule has 7 nitrogen and oxygen atoms in total. The van der Waals surface area contributed by atoms with Crippen molar-refractivity contribution in [3.8, 4) is 22.6 Å². The number of pyridine rings is 1. The summed E-state index contributed by atoms with van der Waals surface area (Å²) in [5.74, 6) is -0.989. The highest BCUT2D eigenvalue weighted by atomic mass is 35.5. The largest absolute Gasteiger partial charge is 0.507 e. The number of aromatic hydroxyl groups is 1. The molecular weight excluding hydrogens is 555 g/mol. The molecule has 1 aromatic heterocycles. The summed E-state index contributed by atoms with van der Waals surface area (Å²) in [4.78, 5) is 34.1. The second-order valence-electron chi connectivity index (χ2n) is 10.7. The van der Waals surface area contributed by atoms with E-state index in [2.05, 4.69) is 11.4 Å². The average molecular weight is 585 g/mol. The van der Waals surface area contributed by atoms with Crippen LogP contribution in [0.25, 0.3) is 32.6 Å². The molecule has 5 rings (SSSR count). The molecule has 0 aliphatic carbocycles. The summed E-state index contributed by atoms with van der Waals surface area (Å²) in [6.07, 6.45) is 1.28. The fourth-order valence-electron chi connectivity index (χ4n) is 5.75. The number of para-hydroxylation sites is 1. The molecule has 4 aromatic rings. The Morgan fingerprint density at radius 1 is 1.17 bits per heavy atom. The lowest BCUT2D eigenvalue weighted by atomic mass is 9.98. The highest BCUT2D eigenvalue weighted by molar-refractivity contribution is 6.34. The smallest absolute Gasteiger partial charge is 0.274 e. The highest BCUT2D eigenvalue weighted by Gasteiger charge is 2.31. The zero-order valence-corrected chi connectivity index (χ0v) is 24.3. The second kappa shape index (κ2) is 11.3. The summed E-state index contributed by atoms with van der Waals surface area (Å²) < 4.78 is 15.4. The Morgan fingerprint density at radius 2 is 1.90 bits per heavy atom. The van der Waals surface area contributed by atoms with Crippen molar-refractivity contribution in [2.45, 2.75) is 32.7 Å². The highest BCUT2D eigenvalue weighted by Crippen LogP contribution is 2.43. The lowest BCUT2D eigenvalue weighted by molar-refractivity contribution is -0.126. The third-order valence-electron chi connectivity index (χ3n) is 7.77. The quantitative estimate of drug-likeness (QED) is 0.201. The Kier molecular flexibility index (Phi) is 7.81. The van der Waals surface area contributed by atoms with Gasteiger partial charge in [0.1, 0.15) is 11.6 Å². The van der Waals surface area contributed by atoms with E-state index in [4.69, 9.17) is 18.2 Å². The number of piperazine rings is 1. The summed E-state index contributed by atoms with van der Waals surface area (Å²) in [6.45, 7) is 18.9. The monoisotopic (exact) mass is 584 g/mol. The van der Waals surface area contributed by atoms with E-state index in [1.165, 1.54) is 22.8 Å². The van der Waals surface area contributed by atoms with Gasteiger partial charge in [0, 0.05) is 53.3 Å². The maximum atomic E-state index is 14.3. The molecule has 1 saturated heterocycles. The van der Waals surface area contributed by atoms with E-state index in [1.54, 1.807) is 17.0 Å². The van der Waals surface area contributed by atoms with Gasteiger partial charge >= 0.3 is 0 Å². The van der Waals surface area contributed by atoms with Crippen LogP contribution < -0.4 is 10.5 Å². The van der Waals surface area contributed by atoms with Crippen LogP contribution in [0.2, 0.25) is 5.02 Å². The summed E-state index contributed by atoms with van der Waals surface area (Å²) in [6, 6.07) is 14.4. The van der Waals surface area contributed by atoms with Gasteiger partial charge in [-0.2, -0.15) is 0 Å². The van der Waals surface area contributed by atoms with Crippen molar-refractivity contribution < 1.29 is 14.3 Å². The lowest BCUT2D eigenvalue weighted by Gasteiger charge is -2.42. The minimum Gasteiger partial charge on any atom is -0.507 e. The van der Waals surface area contributed by atoms with Crippen LogP contribution in [-0.4, -0.2) is 46.2 Å². The second-order valence-corrected chi connectivity index (χ2v) is 11.1. The number of nitrogens with zero attached hydrogens (tertiary/aromatic N) is 4. The van der Waals surface area contributed by atoms with Crippen molar-refractivity contribution in [3.63, 3.8) is 0 Å². The maximum Gasteiger partial charge on any atom is 0.274 e. The van der Waals surface area contributed by atoms with Gasteiger partial charge < -0.3 is 14.9 Å². The van der Waals surface area contributed by atoms with Gasteiger partial charge in [-0.05, 0) is 54.8 Å². The summed E-state index contributed by atoms with van der Waals surface area (Å²) in [5.41, 5.74) is 2.64. The normalized spacial score (nSPS) is 15.2. The number of fused-ring (bicyclic) bond motifs is 1. The van der Waals surface area contributed by atoms with Gasteiger partial charge in [0.25, 0.3) is 11.2 Å². The molecule has 1 aliphatic heterocycles. The van der Waals surface area contributed by atoms with Crippen molar-refractivity contribution >= 4 is 39.8 Å². The van der Waals surface area contributed by atoms with E-state index < -0.39 is 11.4 Å². The van der Waals surface area contributed by atoms with Crippen LogP contribution in [0.1, 0.15) is 32.3 Å². The number of phenols is 1. The Balaban J connectivity index is 1.87. The van der Waals surface area contributed by atoms with Gasteiger partial charge in [0.2, 0.25) is 5.91 Å². The topological polar surface area (TPSA) is 70.1 Å². The zero-order chi connectivity index (χ0) is 30.3. The van der Waals surface area contributed by atoms with Gasteiger partial charge in [0.15, 0.2) is 0 Å². The van der Waals surface area contributed by atoms with Gasteiger partial charge in [-0.15, -0.1) is 0 Å². The first-order chi connectivity index (χ1) is 20.1. The van der Waals surface area contributed by atoms with E-state index in [9.17, 15) is 19.1 Å². The first-order valence-corrected chi connectivity index (χ1v) is 14.0. The Bertz CT molecular complexity index is 1840. The van der Waals surface area contributed by atoms with E-state index >= 15 is 0 Å². The van der Waals surface area contributed by atoms with Crippen LogP contribution in [0.4, 0.5) is 15.8 Å². The van der Waals surface area contributed by atoms with Crippen molar-refractivity contribution in [2.75, 3.05) is 24.5 Å². The van der Waals surface area contributed by atoms with E-state index in [-0.39, 0.29) is 34.3 Å². The van der Waals surface area contributed by atoms with E-state index in [1.807, 2.05) is 49.9 Å². The van der Waals surface area contributed by atoms with Crippen molar-refractivity contribution in [2.24, 2.45) is 0 Å². The number of amides is 1. The third-order valence-corrected chi connectivity index (χ3v) is 8.09. The Hall–Kier alpha value is -4.61. The number of halogens is 2. The first-order valence-electron chi connectivity index (χ1n) is 13.6. The first kappa shape index (κ1) is 28.9. The zero-order valence-electron chi connectivity index (χ0n) is 23.6. The van der Waals surface area contributed by atoms with Crippen molar-refractivity contribution in [3.05, 3.63) is 105 Å². The molecule has 1 N–H and O–H groups in total. The third kappa shape index (κ3) is 4.90. The molecule has 1 amide bonds. The average Bonchev–Trinajstić information content (AvgIpc) is 2.96. The molecule has 0 unspecified atom stereocenters. The molecule has 1 aliphatic rings. The number of phenolic OH excluding ortho intramolecular Hbond substituents is 1. The number of carbonyl (C=O) groups is 1. The van der Waals surface area contributed by atoms with Crippen LogP contribution >= 0.6 is 11.6 Å². The summed E-state index contributed by atoms with van der Waals surface area (Å²) in [7, 11) is 0. The molecule has 3 aromatic carbocycles. The molecule has 9 heteroatoms. The predicted octanol–water partition coefficient (Wildman–Crippen LogP) is 7.05. The minimum absolute atomic E-state index is 0.0511. The minimum atomic E-state index is -0.594. The number of aromatic nitrogens is 1. The lowest BCUT2D eigenvalue weighted by Crippen LogP contribution is -2.53. The number of carbonyl (C=O) groups excluding carboxylic acids is 1. The van der Waals surface area contributed by atoms with Crippen LogP contribution in [0.5, 0.6) is 5.75 Å². The number of rotatable bonds is 5. The number of hydrogen-bond acceptors (Lipinski definition) is 4. The van der Waals surface area contributed by atoms with Crippen LogP contribution in [-0.2, 0) is 4.79 Å². The van der Waals surface area contributed by atoms with Gasteiger partial charge in [0.05, 0.1) is 23.5 Å². The van der Waals surface area contributed by atoms with E-state index in [0.29, 0.717) is 53.0 Å². The molecule has 1 atom stereocenters. The van der Waals surface area contributed by atoms with Crippen molar-refractivity contribution in [1.82, 2.24) is 9.47 Å². The molecule has 0 saturated carbocycles. The fourth-order valence-corrected chi connectivity index (χ4v) is 6.01. The van der Waals surface area contributed by atoms with Crippen molar-refractivity contribution in [1.29, 1.82) is 0 Å². The fraction of sp³-hybridized carbons (Fsp3) is 0.242. The Labute approximate surface area is 248 Å². The van der Waals surface area contributed by atoms with Gasteiger partial charge in [-0.25, -0.2) is 9.24 Å². The standard InChI is InChI=1S/C33H30ClFN4O3/c1-6-30(41)37-13-14-38(20(4)18-37)32-25-16-26(34)24(23-12-11-21(35)15-29(23)40)17-28(25)39(33(42)31(32)36-5)27-10-8-7-9-22(27)19(2)3/h6-12,15-17,19-20,40H,1,13-14,18H2,2-4H3/t20-/m0/s1. The summed E-state index contributed by atoms with van der Waals surface area (Å²) >= 11 is 6.84. The van der Waals surface area contributed by atoms with Gasteiger partial charge in [-0.1, -0.05) is 50.2 Å². The van der Waals surface area contributed by atoms with Crippen LogP contribution in [0, 0.1) is 12.4 Å². The molecule has 0 spiro atoms. The van der Waals surface area contributed by atoms with Gasteiger partial charge in [-0.3, -0.25) is 14.2 Å². The maximum absolute atomic E-state index is 14.3. The molecule has 0 bridgehead atoms. The van der Waals surface area contributed by atoms with Crippen LogP contribution in [0.3, 0.4) is 0 Å². The molecule has 0 radical (unpaired) electrons. The molecule has 214 valence electrons.